The minimum atomic E-state index is -0.629. The predicted octanol–water partition coefficient (Wildman–Crippen LogP) is 0.642. The molecule has 0 spiro atoms. The largest absolute Gasteiger partial charge is 0.353 e. The van der Waals surface area contributed by atoms with E-state index in [0.29, 0.717) is 0 Å². The van der Waals surface area contributed by atoms with Crippen LogP contribution in [0.15, 0.2) is 18.2 Å². The average Bonchev–Trinajstić information content (AvgIpc) is 2.31. The lowest BCUT2D eigenvalue weighted by Crippen LogP contribution is -2.38. The number of nitrogens with two attached hydrogens (primary N) is 1. The van der Waals surface area contributed by atoms with E-state index < -0.39 is 17.7 Å². The monoisotopic (exact) mass is 257 g/mol. The molecule has 1 aromatic carbocycles. The number of halogens is 2. The number of carbonyl (C=O) groups is 1. The Balaban J connectivity index is 2.94. The zero-order valence-electron chi connectivity index (χ0n) is 10.4. The van der Waals surface area contributed by atoms with Crippen LogP contribution in [0.5, 0.6) is 0 Å². The van der Waals surface area contributed by atoms with Gasteiger partial charge >= 0.3 is 0 Å². The number of amides is 1. The molecule has 18 heavy (non-hydrogen) atoms. The van der Waals surface area contributed by atoms with Gasteiger partial charge in [0.25, 0.3) is 0 Å². The first kappa shape index (κ1) is 14.5. The van der Waals surface area contributed by atoms with Crippen LogP contribution in [0.4, 0.5) is 8.78 Å². The fourth-order valence-corrected chi connectivity index (χ4v) is 1.65. The van der Waals surface area contributed by atoms with Crippen LogP contribution in [0.25, 0.3) is 0 Å². The van der Waals surface area contributed by atoms with Crippen LogP contribution < -0.4 is 11.1 Å². The van der Waals surface area contributed by atoms with Gasteiger partial charge in [-0.05, 0) is 26.2 Å². The van der Waals surface area contributed by atoms with Gasteiger partial charge in [0.2, 0.25) is 5.91 Å². The first-order valence-corrected chi connectivity index (χ1v) is 5.54. The van der Waals surface area contributed by atoms with Crippen LogP contribution in [0.2, 0.25) is 0 Å². The van der Waals surface area contributed by atoms with E-state index in [1.54, 1.807) is 19.0 Å². The minimum absolute atomic E-state index is 0.0557. The van der Waals surface area contributed by atoms with Crippen molar-refractivity contribution in [3.63, 3.8) is 0 Å². The van der Waals surface area contributed by atoms with Crippen LogP contribution in [0.3, 0.4) is 0 Å². The van der Waals surface area contributed by atoms with E-state index in [2.05, 4.69) is 5.32 Å². The van der Waals surface area contributed by atoms with Crippen molar-refractivity contribution in [2.75, 3.05) is 27.2 Å². The summed E-state index contributed by atoms with van der Waals surface area (Å²) >= 11 is 0. The summed E-state index contributed by atoms with van der Waals surface area (Å²) in [6.45, 7) is -0.0548. The summed E-state index contributed by atoms with van der Waals surface area (Å²) in [5, 5.41) is 2.53. The van der Waals surface area contributed by atoms with Crippen LogP contribution >= 0.6 is 0 Å². The standard InChI is InChI=1S/C12H17F2N3O/c1-17(2)10(7-16-11(18)6-15)12-8(13)4-3-5-9(12)14/h3-5,10H,6-7,15H2,1-2H3,(H,16,18). The molecule has 0 aliphatic rings. The zero-order valence-corrected chi connectivity index (χ0v) is 10.4. The third-order valence-corrected chi connectivity index (χ3v) is 2.63. The highest BCUT2D eigenvalue weighted by Crippen LogP contribution is 2.23. The fourth-order valence-electron chi connectivity index (χ4n) is 1.65. The van der Waals surface area contributed by atoms with Crippen molar-refractivity contribution in [3.05, 3.63) is 35.4 Å². The lowest BCUT2D eigenvalue weighted by molar-refractivity contribution is -0.119. The van der Waals surface area contributed by atoms with Crippen molar-refractivity contribution in [1.29, 1.82) is 0 Å². The van der Waals surface area contributed by atoms with E-state index in [4.69, 9.17) is 5.73 Å². The van der Waals surface area contributed by atoms with Crippen LogP contribution in [0, 0.1) is 11.6 Å². The number of hydrogen-bond donors (Lipinski definition) is 2. The second-order valence-electron chi connectivity index (χ2n) is 4.12. The van der Waals surface area contributed by atoms with Crippen molar-refractivity contribution in [2.24, 2.45) is 5.73 Å². The molecule has 0 aliphatic carbocycles. The van der Waals surface area contributed by atoms with Crippen molar-refractivity contribution in [3.8, 4) is 0 Å². The van der Waals surface area contributed by atoms with Gasteiger partial charge < -0.3 is 16.0 Å². The normalized spacial score (nSPS) is 12.6. The smallest absolute Gasteiger partial charge is 0.233 e. The second kappa shape index (κ2) is 6.42. The molecular weight excluding hydrogens is 240 g/mol. The Morgan fingerprint density at radius 2 is 1.94 bits per heavy atom. The third-order valence-electron chi connectivity index (χ3n) is 2.63. The number of rotatable bonds is 5. The van der Waals surface area contributed by atoms with Gasteiger partial charge in [-0.3, -0.25) is 4.79 Å². The fraction of sp³-hybridized carbons (Fsp3) is 0.417. The summed E-state index contributed by atoms with van der Waals surface area (Å²) in [6.07, 6.45) is 0. The summed E-state index contributed by atoms with van der Waals surface area (Å²) in [6, 6.07) is 3.11. The van der Waals surface area contributed by atoms with Crippen molar-refractivity contribution < 1.29 is 13.6 Å². The predicted molar refractivity (Wildman–Crippen MR) is 64.9 cm³/mol. The van der Waals surface area contributed by atoms with Crippen LogP contribution in [-0.4, -0.2) is 38.0 Å². The molecule has 0 saturated carbocycles. The zero-order chi connectivity index (χ0) is 13.7. The maximum Gasteiger partial charge on any atom is 0.233 e. The summed E-state index contributed by atoms with van der Waals surface area (Å²) in [5.74, 6) is -1.62. The van der Waals surface area contributed by atoms with Gasteiger partial charge in [0.15, 0.2) is 0 Å². The summed E-state index contributed by atoms with van der Waals surface area (Å²) in [7, 11) is 3.37. The van der Waals surface area contributed by atoms with Gasteiger partial charge in [-0.25, -0.2) is 8.78 Å². The van der Waals surface area contributed by atoms with E-state index in [0.717, 1.165) is 0 Å². The lowest BCUT2D eigenvalue weighted by Gasteiger charge is -2.25. The molecule has 1 aromatic rings. The quantitative estimate of drug-likeness (QED) is 0.814. The molecular formula is C12H17F2N3O. The maximum atomic E-state index is 13.7. The molecule has 1 rings (SSSR count). The highest BCUT2D eigenvalue weighted by molar-refractivity contribution is 5.77. The Hall–Kier alpha value is -1.53. The van der Waals surface area contributed by atoms with Crippen LogP contribution in [-0.2, 0) is 4.79 Å². The Morgan fingerprint density at radius 3 is 2.39 bits per heavy atom. The summed E-state index contributed by atoms with van der Waals surface area (Å²) in [4.78, 5) is 12.7. The molecule has 4 nitrogen and oxygen atoms in total. The Morgan fingerprint density at radius 1 is 1.39 bits per heavy atom. The Labute approximate surface area is 105 Å². The molecule has 0 bridgehead atoms. The van der Waals surface area contributed by atoms with Gasteiger partial charge in [-0.1, -0.05) is 6.07 Å². The molecule has 100 valence electrons. The molecule has 0 aliphatic heterocycles. The minimum Gasteiger partial charge on any atom is -0.353 e. The summed E-state index contributed by atoms with van der Waals surface area (Å²) in [5.41, 5.74) is 5.10. The van der Waals surface area contributed by atoms with E-state index >= 15 is 0 Å². The second-order valence-corrected chi connectivity index (χ2v) is 4.12. The molecule has 0 aromatic heterocycles. The molecule has 1 amide bonds. The van der Waals surface area contributed by atoms with Gasteiger partial charge in [-0.15, -0.1) is 0 Å². The van der Waals surface area contributed by atoms with Gasteiger partial charge in [0, 0.05) is 12.1 Å². The topological polar surface area (TPSA) is 58.4 Å². The molecule has 0 fully saturated rings. The molecule has 0 heterocycles. The number of benzene rings is 1. The van der Waals surface area contributed by atoms with Gasteiger partial charge in [-0.2, -0.15) is 0 Å². The molecule has 0 radical (unpaired) electrons. The highest BCUT2D eigenvalue weighted by atomic mass is 19.1. The van der Waals surface area contributed by atoms with E-state index in [1.807, 2.05) is 0 Å². The Bertz CT molecular complexity index is 404. The van der Waals surface area contributed by atoms with Crippen molar-refractivity contribution >= 4 is 5.91 Å². The van der Waals surface area contributed by atoms with E-state index in [1.165, 1.54) is 18.2 Å². The van der Waals surface area contributed by atoms with Gasteiger partial charge in [0.05, 0.1) is 12.6 Å². The number of hydrogen-bond acceptors (Lipinski definition) is 3. The average molecular weight is 257 g/mol. The summed E-state index contributed by atoms with van der Waals surface area (Å²) < 4.78 is 27.3. The molecule has 3 N–H and O–H groups in total. The SMILES string of the molecule is CN(C)C(CNC(=O)CN)c1c(F)cccc1F. The molecule has 1 atom stereocenters. The van der Waals surface area contributed by atoms with E-state index in [-0.39, 0.29) is 24.6 Å². The Kier molecular flexibility index (Phi) is 5.18. The number of nitrogens with zero attached hydrogens (tertiary/aromatic N) is 1. The van der Waals surface area contributed by atoms with E-state index in [9.17, 15) is 13.6 Å². The highest BCUT2D eigenvalue weighted by Gasteiger charge is 2.22. The number of likely N-dealkylation sites (N-methyl/N-ethyl adjacent to an activating group) is 1. The van der Waals surface area contributed by atoms with Crippen molar-refractivity contribution in [1.82, 2.24) is 10.2 Å². The third kappa shape index (κ3) is 3.48. The molecule has 1 unspecified atom stereocenters. The first-order valence-electron chi connectivity index (χ1n) is 5.54. The maximum absolute atomic E-state index is 13.7. The molecule has 0 saturated heterocycles. The van der Waals surface area contributed by atoms with Gasteiger partial charge in [0.1, 0.15) is 11.6 Å². The van der Waals surface area contributed by atoms with Crippen molar-refractivity contribution in [2.45, 2.75) is 6.04 Å². The lowest BCUT2D eigenvalue weighted by atomic mass is 10.0. The number of nitrogens with one attached hydrogen (secondary N) is 1. The van der Waals surface area contributed by atoms with Crippen LogP contribution in [0.1, 0.15) is 11.6 Å². The number of carbonyl (C=O) groups excluding carboxylic acids is 1. The first-order chi connectivity index (χ1) is 8.47. The molecule has 6 heteroatoms.